The summed E-state index contributed by atoms with van der Waals surface area (Å²) < 4.78 is 4.69. The van der Waals surface area contributed by atoms with Crippen molar-refractivity contribution in [1.82, 2.24) is 0 Å². The summed E-state index contributed by atoms with van der Waals surface area (Å²) in [7, 11) is 1.35. The predicted octanol–water partition coefficient (Wildman–Crippen LogP) is 6.21. The summed E-state index contributed by atoms with van der Waals surface area (Å²) >= 11 is 6.26. The van der Waals surface area contributed by atoms with Gasteiger partial charge in [-0.3, -0.25) is 5.32 Å². The molecule has 0 aliphatic heterocycles. The zero-order chi connectivity index (χ0) is 19.5. The quantitative estimate of drug-likeness (QED) is 0.566. The molecule has 0 heterocycles. The third-order valence-corrected chi connectivity index (χ3v) is 5.19. The minimum atomic E-state index is -0.482. The van der Waals surface area contributed by atoms with Crippen LogP contribution in [0.2, 0.25) is 5.02 Å². The van der Waals surface area contributed by atoms with Gasteiger partial charge in [-0.05, 0) is 76.6 Å². The zero-order valence-electron chi connectivity index (χ0n) is 15.5. The maximum absolute atomic E-state index is 11.5. The average Bonchev–Trinajstić information content (AvgIpc) is 2.85. The van der Waals surface area contributed by atoms with Crippen molar-refractivity contribution < 1.29 is 9.53 Å². The van der Waals surface area contributed by atoms with Crippen molar-refractivity contribution in [2.24, 2.45) is 0 Å². The van der Waals surface area contributed by atoms with E-state index in [9.17, 15) is 4.79 Å². The molecule has 0 unspecified atom stereocenters. The Labute approximate surface area is 169 Å². The van der Waals surface area contributed by atoms with Crippen LogP contribution < -0.4 is 5.32 Å². The molecule has 1 N–H and O–H groups in total. The Kier molecular flexibility index (Phi) is 5.18. The third kappa shape index (κ3) is 3.80. The molecule has 3 aromatic carbocycles. The molecule has 0 saturated heterocycles. The van der Waals surface area contributed by atoms with Crippen LogP contribution in [0.5, 0.6) is 0 Å². The van der Waals surface area contributed by atoms with E-state index in [1.807, 2.05) is 30.3 Å². The third-order valence-electron chi connectivity index (χ3n) is 4.96. The van der Waals surface area contributed by atoms with Gasteiger partial charge in [-0.25, -0.2) is 4.79 Å². The largest absolute Gasteiger partial charge is 0.453 e. The fourth-order valence-electron chi connectivity index (χ4n) is 3.64. The van der Waals surface area contributed by atoms with E-state index >= 15 is 0 Å². The SMILES string of the molecule is COC(=O)Nc1cccc(C=C2c3ccccc3CCc3cc(Cl)ccc32)c1. The Morgan fingerprint density at radius 3 is 2.61 bits per heavy atom. The van der Waals surface area contributed by atoms with Crippen LogP contribution >= 0.6 is 11.6 Å². The smallest absolute Gasteiger partial charge is 0.411 e. The Morgan fingerprint density at radius 2 is 1.75 bits per heavy atom. The molecule has 1 amide bonds. The van der Waals surface area contributed by atoms with Crippen LogP contribution in [0.25, 0.3) is 11.6 Å². The number of carbonyl (C=O) groups excluding carboxylic acids is 1. The van der Waals surface area contributed by atoms with E-state index in [0.29, 0.717) is 5.69 Å². The standard InChI is InChI=1S/C24H20ClNO2/c1-28-24(27)26-20-7-4-5-16(13-20)14-23-21-8-3-2-6-17(21)9-10-18-15-19(25)11-12-22(18)23/h2-8,11-15H,9-10H2,1H3,(H,26,27). The van der Waals surface area contributed by atoms with Crippen LogP contribution in [0, 0.1) is 0 Å². The van der Waals surface area contributed by atoms with Crippen LogP contribution in [-0.2, 0) is 17.6 Å². The van der Waals surface area contributed by atoms with Crippen molar-refractivity contribution in [3.8, 4) is 0 Å². The first-order chi connectivity index (χ1) is 13.6. The number of methoxy groups -OCH3 is 1. The summed E-state index contributed by atoms with van der Waals surface area (Å²) in [5.41, 5.74) is 7.86. The molecule has 1 aliphatic rings. The highest BCUT2D eigenvalue weighted by atomic mass is 35.5. The van der Waals surface area contributed by atoms with Crippen LogP contribution in [0.15, 0.2) is 66.7 Å². The lowest BCUT2D eigenvalue weighted by molar-refractivity contribution is 0.187. The fraction of sp³-hybridized carbons (Fsp3) is 0.125. The Bertz CT molecular complexity index is 1070. The summed E-state index contributed by atoms with van der Waals surface area (Å²) in [6.45, 7) is 0. The number of halogens is 1. The number of rotatable bonds is 2. The van der Waals surface area contributed by atoms with E-state index < -0.39 is 6.09 Å². The highest BCUT2D eigenvalue weighted by Gasteiger charge is 2.18. The molecule has 3 aromatic rings. The average molecular weight is 390 g/mol. The monoisotopic (exact) mass is 389 g/mol. The molecule has 140 valence electrons. The van der Waals surface area contributed by atoms with Gasteiger partial charge in [0.1, 0.15) is 0 Å². The van der Waals surface area contributed by atoms with Gasteiger partial charge in [0.15, 0.2) is 0 Å². The number of anilines is 1. The number of nitrogens with one attached hydrogen (secondary N) is 1. The molecule has 0 radical (unpaired) electrons. The highest BCUT2D eigenvalue weighted by Crippen LogP contribution is 2.36. The van der Waals surface area contributed by atoms with E-state index in [1.165, 1.54) is 29.4 Å². The van der Waals surface area contributed by atoms with Gasteiger partial charge < -0.3 is 4.74 Å². The first kappa shape index (κ1) is 18.3. The van der Waals surface area contributed by atoms with E-state index in [4.69, 9.17) is 11.6 Å². The normalized spacial score (nSPS) is 14.0. The molecule has 0 bridgehead atoms. The van der Waals surface area contributed by atoms with Crippen molar-refractivity contribution in [3.63, 3.8) is 0 Å². The van der Waals surface area contributed by atoms with Gasteiger partial charge in [-0.1, -0.05) is 54.1 Å². The predicted molar refractivity (Wildman–Crippen MR) is 115 cm³/mol. The topological polar surface area (TPSA) is 38.3 Å². The Hall–Kier alpha value is -3.04. The number of ether oxygens (including phenoxy) is 1. The van der Waals surface area contributed by atoms with Gasteiger partial charge in [0.25, 0.3) is 0 Å². The van der Waals surface area contributed by atoms with Gasteiger partial charge in [-0.2, -0.15) is 0 Å². The van der Waals surface area contributed by atoms with Gasteiger partial charge >= 0.3 is 6.09 Å². The second kappa shape index (κ2) is 7.91. The van der Waals surface area contributed by atoms with Gasteiger partial charge in [0.2, 0.25) is 0 Å². The zero-order valence-corrected chi connectivity index (χ0v) is 16.3. The second-order valence-corrected chi connectivity index (χ2v) is 7.20. The summed E-state index contributed by atoms with van der Waals surface area (Å²) in [6.07, 6.45) is 3.61. The first-order valence-electron chi connectivity index (χ1n) is 9.18. The summed E-state index contributed by atoms with van der Waals surface area (Å²) in [5.74, 6) is 0. The lowest BCUT2D eigenvalue weighted by Crippen LogP contribution is -2.10. The van der Waals surface area contributed by atoms with E-state index in [1.54, 1.807) is 0 Å². The second-order valence-electron chi connectivity index (χ2n) is 6.76. The molecule has 1 aliphatic carbocycles. The summed E-state index contributed by atoms with van der Waals surface area (Å²) in [4.78, 5) is 11.5. The number of hydrogen-bond acceptors (Lipinski definition) is 2. The Morgan fingerprint density at radius 1 is 0.964 bits per heavy atom. The van der Waals surface area contributed by atoms with Crippen molar-refractivity contribution in [2.75, 3.05) is 12.4 Å². The van der Waals surface area contributed by atoms with Crippen LogP contribution in [0.4, 0.5) is 10.5 Å². The Balaban J connectivity index is 1.84. The van der Waals surface area contributed by atoms with E-state index in [2.05, 4.69) is 52.5 Å². The van der Waals surface area contributed by atoms with Crippen molar-refractivity contribution in [2.45, 2.75) is 12.8 Å². The molecular weight excluding hydrogens is 370 g/mol. The fourth-order valence-corrected chi connectivity index (χ4v) is 3.84. The molecule has 0 saturated carbocycles. The molecule has 4 heteroatoms. The van der Waals surface area contributed by atoms with Crippen molar-refractivity contribution >= 4 is 35.0 Å². The number of amides is 1. The molecule has 3 nitrogen and oxygen atoms in total. The minimum Gasteiger partial charge on any atom is -0.453 e. The van der Waals surface area contributed by atoms with E-state index in [0.717, 1.165) is 29.0 Å². The number of aryl methyl sites for hydroxylation is 2. The highest BCUT2D eigenvalue weighted by molar-refractivity contribution is 6.30. The number of benzene rings is 3. The van der Waals surface area contributed by atoms with Crippen LogP contribution in [-0.4, -0.2) is 13.2 Å². The number of hydrogen-bond donors (Lipinski definition) is 1. The maximum atomic E-state index is 11.5. The molecule has 4 rings (SSSR count). The molecule has 28 heavy (non-hydrogen) atoms. The van der Waals surface area contributed by atoms with E-state index in [-0.39, 0.29) is 0 Å². The van der Waals surface area contributed by atoms with Crippen molar-refractivity contribution in [3.05, 3.63) is 99.6 Å². The molecule has 0 aromatic heterocycles. The summed E-state index contributed by atoms with van der Waals surface area (Å²) in [6, 6.07) is 22.3. The lowest BCUT2D eigenvalue weighted by atomic mass is 9.92. The van der Waals surface area contributed by atoms with Gasteiger partial charge in [0, 0.05) is 10.7 Å². The van der Waals surface area contributed by atoms with Gasteiger partial charge in [0.05, 0.1) is 7.11 Å². The molecule has 0 fully saturated rings. The molecule has 0 spiro atoms. The lowest BCUT2D eigenvalue weighted by Gasteiger charge is -2.13. The van der Waals surface area contributed by atoms with Gasteiger partial charge in [-0.15, -0.1) is 0 Å². The van der Waals surface area contributed by atoms with Crippen LogP contribution in [0.3, 0.4) is 0 Å². The first-order valence-corrected chi connectivity index (χ1v) is 9.55. The maximum Gasteiger partial charge on any atom is 0.411 e. The number of carbonyl (C=O) groups is 1. The van der Waals surface area contributed by atoms with Crippen LogP contribution in [0.1, 0.15) is 27.8 Å². The van der Waals surface area contributed by atoms with Crippen molar-refractivity contribution in [1.29, 1.82) is 0 Å². The molecule has 0 atom stereocenters. The number of fused-ring (bicyclic) bond motifs is 2. The summed E-state index contributed by atoms with van der Waals surface area (Å²) in [5, 5.41) is 3.48. The molecular formula is C24H20ClNO2. The minimum absolute atomic E-state index is 0.482.